The lowest BCUT2D eigenvalue weighted by molar-refractivity contribution is -0.141. The van der Waals surface area contributed by atoms with Crippen molar-refractivity contribution in [2.24, 2.45) is 0 Å². The third kappa shape index (κ3) is 3.55. The minimum Gasteiger partial charge on any atom is -0.480 e. The van der Waals surface area contributed by atoms with Gasteiger partial charge in [0.1, 0.15) is 6.04 Å². The van der Waals surface area contributed by atoms with E-state index in [0.717, 1.165) is 25.7 Å². The summed E-state index contributed by atoms with van der Waals surface area (Å²) in [4.78, 5) is 24.7. The Hall–Kier alpha value is -0.910. The van der Waals surface area contributed by atoms with Crippen LogP contribution in [0.2, 0.25) is 0 Å². The van der Waals surface area contributed by atoms with Crippen LogP contribution in [-0.4, -0.2) is 52.1 Å². The van der Waals surface area contributed by atoms with Gasteiger partial charge in [0.25, 0.3) is 0 Å². The summed E-state index contributed by atoms with van der Waals surface area (Å²) in [5.74, 6) is -0.890. The van der Waals surface area contributed by atoms with E-state index in [2.05, 4.69) is 11.6 Å². The van der Waals surface area contributed by atoms with Crippen molar-refractivity contribution in [3.63, 3.8) is 0 Å². The van der Waals surface area contributed by atoms with Crippen LogP contribution in [0.5, 0.6) is 0 Å². The van der Waals surface area contributed by atoms with Gasteiger partial charge in [0.2, 0.25) is 0 Å². The Bertz CT molecular complexity index is 351. The predicted octanol–water partition coefficient (Wildman–Crippen LogP) is 1.92. The molecule has 3 atom stereocenters. The standard InChI is InChI=1S/C13H22N2O3S/c1-19-10-5-2-4-9(8-10)14-13(18)15-7-3-6-11(15)12(16)17/h9-11H,2-8H2,1H3,(H,14,18)(H,16,17)/t9?,10?,11-/m1/s1. The van der Waals surface area contributed by atoms with Crippen molar-refractivity contribution in [3.05, 3.63) is 0 Å². The van der Waals surface area contributed by atoms with E-state index in [1.54, 1.807) is 0 Å². The lowest BCUT2D eigenvalue weighted by Gasteiger charge is -2.31. The fraction of sp³-hybridized carbons (Fsp3) is 0.846. The SMILES string of the molecule is CSC1CCCC(NC(=O)N2CCC[C@@H]2C(=O)O)C1. The van der Waals surface area contributed by atoms with Crippen LogP contribution in [0.4, 0.5) is 4.79 Å². The van der Waals surface area contributed by atoms with Gasteiger partial charge in [0.05, 0.1) is 0 Å². The van der Waals surface area contributed by atoms with Crippen molar-refractivity contribution in [1.82, 2.24) is 10.2 Å². The lowest BCUT2D eigenvalue weighted by Crippen LogP contribution is -2.50. The van der Waals surface area contributed by atoms with Crippen LogP contribution in [0, 0.1) is 0 Å². The van der Waals surface area contributed by atoms with Crippen LogP contribution in [0.25, 0.3) is 0 Å². The highest BCUT2D eigenvalue weighted by molar-refractivity contribution is 7.99. The van der Waals surface area contributed by atoms with Crippen LogP contribution in [0.3, 0.4) is 0 Å². The Labute approximate surface area is 118 Å². The first-order valence-corrected chi connectivity index (χ1v) is 8.23. The molecule has 6 heteroatoms. The maximum absolute atomic E-state index is 12.2. The third-order valence-corrected chi connectivity index (χ3v) is 5.18. The van der Waals surface area contributed by atoms with Crippen LogP contribution in [0.1, 0.15) is 38.5 Å². The molecular weight excluding hydrogens is 264 g/mol. The quantitative estimate of drug-likeness (QED) is 0.831. The number of carbonyl (C=O) groups is 2. The van der Waals surface area contributed by atoms with Crippen molar-refractivity contribution in [2.75, 3.05) is 12.8 Å². The second-order valence-corrected chi connectivity index (χ2v) is 6.50. The molecule has 1 saturated heterocycles. The summed E-state index contributed by atoms with van der Waals surface area (Å²) in [7, 11) is 0. The number of aliphatic carboxylic acids is 1. The van der Waals surface area contributed by atoms with Gasteiger partial charge in [-0.1, -0.05) is 6.42 Å². The van der Waals surface area contributed by atoms with E-state index in [1.165, 1.54) is 11.3 Å². The number of rotatable bonds is 3. The second kappa shape index (κ2) is 6.50. The second-order valence-electron chi connectivity index (χ2n) is 5.36. The van der Waals surface area contributed by atoms with Crippen LogP contribution < -0.4 is 5.32 Å². The highest BCUT2D eigenvalue weighted by Gasteiger charge is 2.35. The van der Waals surface area contributed by atoms with E-state index in [4.69, 9.17) is 5.11 Å². The van der Waals surface area contributed by atoms with Gasteiger partial charge in [0, 0.05) is 17.8 Å². The van der Waals surface area contributed by atoms with Gasteiger partial charge in [-0.25, -0.2) is 9.59 Å². The van der Waals surface area contributed by atoms with Gasteiger partial charge >= 0.3 is 12.0 Å². The van der Waals surface area contributed by atoms with Gasteiger partial charge < -0.3 is 15.3 Å². The summed E-state index contributed by atoms with van der Waals surface area (Å²) in [5.41, 5.74) is 0. The molecular formula is C13H22N2O3S. The molecule has 0 aromatic carbocycles. The fourth-order valence-electron chi connectivity index (χ4n) is 3.01. The zero-order chi connectivity index (χ0) is 13.8. The fourth-order valence-corrected chi connectivity index (χ4v) is 3.84. The summed E-state index contributed by atoms with van der Waals surface area (Å²) in [5, 5.41) is 12.7. The topological polar surface area (TPSA) is 69.6 Å². The number of carbonyl (C=O) groups excluding carboxylic acids is 1. The molecule has 2 amide bonds. The molecule has 1 aliphatic heterocycles. The van der Waals surface area contributed by atoms with Crippen molar-refractivity contribution < 1.29 is 14.7 Å². The summed E-state index contributed by atoms with van der Waals surface area (Å²) < 4.78 is 0. The molecule has 2 N–H and O–H groups in total. The van der Waals surface area contributed by atoms with E-state index >= 15 is 0 Å². The molecule has 0 aromatic heterocycles. The largest absolute Gasteiger partial charge is 0.480 e. The van der Waals surface area contributed by atoms with E-state index in [1.807, 2.05) is 11.8 Å². The molecule has 1 saturated carbocycles. The number of hydrogen-bond acceptors (Lipinski definition) is 3. The summed E-state index contributed by atoms with van der Waals surface area (Å²) in [6.45, 7) is 0.557. The monoisotopic (exact) mass is 286 g/mol. The number of likely N-dealkylation sites (tertiary alicyclic amines) is 1. The van der Waals surface area contributed by atoms with Crippen LogP contribution in [0.15, 0.2) is 0 Å². The number of carboxylic acids is 1. The average Bonchev–Trinajstić information content (AvgIpc) is 2.88. The van der Waals surface area contributed by atoms with Gasteiger partial charge in [-0.2, -0.15) is 11.8 Å². The lowest BCUT2D eigenvalue weighted by atomic mass is 9.95. The predicted molar refractivity (Wildman–Crippen MR) is 75.5 cm³/mol. The van der Waals surface area contributed by atoms with Crippen molar-refractivity contribution in [3.8, 4) is 0 Å². The zero-order valence-electron chi connectivity index (χ0n) is 11.3. The molecule has 2 unspecified atom stereocenters. The number of urea groups is 1. The van der Waals surface area contributed by atoms with Crippen molar-refractivity contribution in [1.29, 1.82) is 0 Å². The molecule has 1 aliphatic carbocycles. The van der Waals surface area contributed by atoms with Crippen molar-refractivity contribution >= 4 is 23.8 Å². The third-order valence-electron chi connectivity index (χ3n) is 4.09. The average molecular weight is 286 g/mol. The molecule has 2 fully saturated rings. The zero-order valence-corrected chi connectivity index (χ0v) is 12.1. The molecule has 2 rings (SSSR count). The van der Waals surface area contributed by atoms with E-state index in [0.29, 0.717) is 18.2 Å². The molecule has 2 aliphatic rings. The Morgan fingerprint density at radius 2 is 2.05 bits per heavy atom. The maximum atomic E-state index is 12.2. The number of nitrogens with zero attached hydrogens (tertiary/aromatic N) is 1. The summed E-state index contributed by atoms with van der Waals surface area (Å²) >= 11 is 1.86. The van der Waals surface area contributed by atoms with Gasteiger partial charge in [-0.3, -0.25) is 0 Å². The number of carboxylic acid groups (broad SMARTS) is 1. The minimum absolute atomic E-state index is 0.198. The van der Waals surface area contributed by atoms with Crippen LogP contribution in [-0.2, 0) is 4.79 Å². The molecule has 1 heterocycles. The Kier molecular flexibility index (Phi) is 4.96. The first-order valence-electron chi connectivity index (χ1n) is 6.94. The first-order chi connectivity index (χ1) is 9.11. The highest BCUT2D eigenvalue weighted by Crippen LogP contribution is 2.27. The molecule has 0 spiro atoms. The smallest absolute Gasteiger partial charge is 0.326 e. The maximum Gasteiger partial charge on any atom is 0.326 e. The Balaban J connectivity index is 1.88. The van der Waals surface area contributed by atoms with Crippen molar-refractivity contribution in [2.45, 2.75) is 55.9 Å². The van der Waals surface area contributed by atoms with Crippen LogP contribution >= 0.6 is 11.8 Å². The number of thioether (sulfide) groups is 1. The minimum atomic E-state index is -0.890. The Morgan fingerprint density at radius 1 is 1.26 bits per heavy atom. The first kappa shape index (κ1) is 14.5. The molecule has 5 nitrogen and oxygen atoms in total. The molecule has 19 heavy (non-hydrogen) atoms. The molecule has 108 valence electrons. The number of nitrogens with one attached hydrogen (secondary N) is 1. The van der Waals surface area contributed by atoms with Gasteiger partial charge in [0.15, 0.2) is 0 Å². The molecule has 0 bridgehead atoms. The van der Waals surface area contributed by atoms with Gasteiger partial charge in [-0.05, 0) is 38.4 Å². The normalized spacial score (nSPS) is 31.2. The summed E-state index contributed by atoms with van der Waals surface area (Å²) in [6.07, 6.45) is 7.82. The number of hydrogen-bond donors (Lipinski definition) is 2. The van der Waals surface area contributed by atoms with E-state index < -0.39 is 12.0 Å². The van der Waals surface area contributed by atoms with Gasteiger partial charge in [-0.15, -0.1) is 0 Å². The molecule has 0 aromatic rings. The highest BCUT2D eigenvalue weighted by atomic mass is 32.2. The van der Waals surface area contributed by atoms with E-state index in [9.17, 15) is 9.59 Å². The summed E-state index contributed by atoms with van der Waals surface area (Å²) in [6, 6.07) is -0.634. The Morgan fingerprint density at radius 3 is 2.74 bits per heavy atom. The molecule has 0 radical (unpaired) electrons. The van der Waals surface area contributed by atoms with E-state index in [-0.39, 0.29) is 12.1 Å². The number of amides is 2.